The predicted molar refractivity (Wildman–Crippen MR) is 83.5 cm³/mol. The molecule has 6 atom stereocenters. The lowest BCUT2D eigenvalue weighted by atomic mass is 9.47. The van der Waals surface area contributed by atoms with Gasteiger partial charge in [-0.1, -0.05) is 19.4 Å². The van der Waals surface area contributed by atoms with Crippen LogP contribution in [-0.4, -0.2) is 28.6 Å². The number of fused-ring (bicyclic) bond motifs is 5. The quantitative estimate of drug-likeness (QED) is 0.744. The minimum Gasteiger partial charge on any atom is -0.385 e. The molecule has 4 aliphatic rings. The van der Waals surface area contributed by atoms with Crippen molar-refractivity contribution in [2.75, 3.05) is 0 Å². The van der Waals surface area contributed by atoms with Crippen molar-refractivity contribution in [2.24, 2.45) is 28.6 Å². The first-order chi connectivity index (χ1) is 10.8. The first-order valence-electron chi connectivity index (χ1n) is 8.76. The Morgan fingerprint density at radius 3 is 2.61 bits per heavy atom. The molecule has 0 saturated heterocycles. The van der Waals surface area contributed by atoms with Crippen molar-refractivity contribution in [3.63, 3.8) is 0 Å². The zero-order valence-electron chi connectivity index (χ0n) is 13.8. The first-order valence-corrected chi connectivity index (χ1v) is 8.76. The molecular weight excluding hydrogens is 292 g/mol. The van der Waals surface area contributed by atoms with Crippen molar-refractivity contribution >= 4 is 17.3 Å². The van der Waals surface area contributed by atoms with Crippen LogP contribution in [0.5, 0.6) is 0 Å². The smallest absolute Gasteiger partial charge is 0.167 e. The molecule has 0 spiro atoms. The molecule has 0 bridgehead atoms. The van der Waals surface area contributed by atoms with Crippen molar-refractivity contribution < 1.29 is 19.5 Å². The van der Waals surface area contributed by atoms with Crippen LogP contribution in [0.3, 0.4) is 0 Å². The van der Waals surface area contributed by atoms with E-state index in [1.165, 1.54) is 0 Å². The maximum Gasteiger partial charge on any atom is 0.167 e. The van der Waals surface area contributed by atoms with Crippen molar-refractivity contribution in [1.82, 2.24) is 0 Å². The minimum atomic E-state index is -0.908. The summed E-state index contributed by atoms with van der Waals surface area (Å²) >= 11 is 0. The molecule has 0 radical (unpaired) electrons. The van der Waals surface area contributed by atoms with E-state index in [0.29, 0.717) is 12.8 Å². The van der Waals surface area contributed by atoms with Gasteiger partial charge in [-0.15, -0.1) is 0 Å². The Balaban J connectivity index is 1.77. The fraction of sp³-hybridized carbons (Fsp3) is 0.737. The van der Waals surface area contributed by atoms with Gasteiger partial charge in [-0.2, -0.15) is 0 Å². The van der Waals surface area contributed by atoms with Gasteiger partial charge >= 0.3 is 0 Å². The summed E-state index contributed by atoms with van der Waals surface area (Å²) in [5.74, 6) is 0.377. The third-order valence-electron chi connectivity index (χ3n) is 7.39. The molecule has 23 heavy (non-hydrogen) atoms. The second kappa shape index (κ2) is 4.62. The zero-order valence-corrected chi connectivity index (χ0v) is 13.8. The molecule has 124 valence electrons. The average molecular weight is 316 g/mol. The van der Waals surface area contributed by atoms with Crippen LogP contribution in [0.1, 0.15) is 52.4 Å². The highest BCUT2D eigenvalue weighted by Gasteiger charge is 2.64. The summed E-state index contributed by atoms with van der Waals surface area (Å²) in [6.45, 7) is 4.01. The van der Waals surface area contributed by atoms with Gasteiger partial charge in [0.25, 0.3) is 0 Å². The topological polar surface area (TPSA) is 71.4 Å². The van der Waals surface area contributed by atoms with Crippen LogP contribution in [0.2, 0.25) is 0 Å². The zero-order chi connectivity index (χ0) is 16.6. The van der Waals surface area contributed by atoms with E-state index in [9.17, 15) is 19.5 Å². The molecular formula is C19H24O4. The summed E-state index contributed by atoms with van der Waals surface area (Å²) in [6.07, 6.45) is 4.57. The Kier molecular flexibility index (Phi) is 3.07. The number of hydrogen-bond acceptors (Lipinski definition) is 4. The summed E-state index contributed by atoms with van der Waals surface area (Å²) in [5.41, 5.74) is 0.225. The number of aliphatic hydroxyl groups is 1. The number of carbonyl (C=O) groups excluding carboxylic acids is 3. The van der Waals surface area contributed by atoms with Crippen LogP contribution in [0.15, 0.2) is 11.6 Å². The lowest BCUT2D eigenvalue weighted by Crippen LogP contribution is -2.55. The second-order valence-corrected chi connectivity index (χ2v) is 8.52. The molecule has 3 fully saturated rings. The molecule has 0 aliphatic heterocycles. The van der Waals surface area contributed by atoms with Gasteiger partial charge < -0.3 is 5.11 Å². The van der Waals surface area contributed by atoms with Crippen LogP contribution >= 0.6 is 0 Å². The number of aliphatic hydroxyl groups excluding tert-OH is 1. The van der Waals surface area contributed by atoms with Crippen LogP contribution in [0.4, 0.5) is 0 Å². The predicted octanol–water partition coefficient (Wildman–Crippen LogP) is 2.24. The molecule has 0 aromatic rings. The van der Waals surface area contributed by atoms with Gasteiger partial charge in [0, 0.05) is 24.2 Å². The molecule has 3 saturated carbocycles. The standard InChI is InChI=1S/C19H24O4/c1-18-6-5-11(20)7-10(18)3-4-12-13-8-14(21)17(23)19(13,2)9-15(22)16(12)18/h7,12-14,16,21H,3-6,8-9H2,1-2H3/t12-,13-,14+,16+,18-,19-/m0/s1. The largest absolute Gasteiger partial charge is 0.385 e. The third-order valence-corrected chi connectivity index (χ3v) is 7.39. The van der Waals surface area contributed by atoms with E-state index in [0.717, 1.165) is 24.8 Å². The Labute approximate surface area is 136 Å². The summed E-state index contributed by atoms with van der Waals surface area (Å²) in [7, 11) is 0. The Hall–Kier alpha value is -1.29. The van der Waals surface area contributed by atoms with E-state index in [4.69, 9.17) is 0 Å². The molecule has 1 N–H and O–H groups in total. The monoisotopic (exact) mass is 316 g/mol. The highest BCUT2D eigenvalue weighted by atomic mass is 16.3. The SMILES string of the molecule is C[C@]12CCC(=O)C=C1CC[C@@H]1[C@@H]2C(=O)C[C@]2(C)C(=O)[C@H](O)C[C@@H]12. The molecule has 0 heterocycles. The Morgan fingerprint density at radius 1 is 1.13 bits per heavy atom. The first kappa shape index (κ1) is 15.3. The maximum absolute atomic E-state index is 13.0. The highest BCUT2D eigenvalue weighted by molar-refractivity contribution is 5.98. The number of Topliss-reactive ketones (excluding diaryl/α,β-unsaturated/α-hetero) is 2. The number of ketones is 3. The number of rotatable bonds is 0. The van der Waals surface area contributed by atoms with E-state index in [1.54, 1.807) is 6.08 Å². The van der Waals surface area contributed by atoms with Crippen LogP contribution in [0, 0.1) is 28.6 Å². The van der Waals surface area contributed by atoms with E-state index in [1.807, 2.05) is 6.92 Å². The van der Waals surface area contributed by atoms with Crippen LogP contribution in [-0.2, 0) is 14.4 Å². The molecule has 4 heteroatoms. The summed E-state index contributed by atoms with van der Waals surface area (Å²) in [5, 5.41) is 10.1. The van der Waals surface area contributed by atoms with Crippen molar-refractivity contribution in [3.8, 4) is 0 Å². The molecule has 4 rings (SSSR count). The normalized spacial score (nSPS) is 49.3. The molecule has 0 amide bonds. The second-order valence-electron chi connectivity index (χ2n) is 8.52. The Morgan fingerprint density at radius 2 is 1.87 bits per heavy atom. The van der Waals surface area contributed by atoms with Crippen LogP contribution < -0.4 is 0 Å². The van der Waals surface area contributed by atoms with E-state index in [2.05, 4.69) is 6.92 Å². The van der Waals surface area contributed by atoms with Gasteiger partial charge in [0.1, 0.15) is 11.9 Å². The molecule has 4 nitrogen and oxygen atoms in total. The summed E-state index contributed by atoms with van der Waals surface area (Å²) in [4.78, 5) is 37.2. The fourth-order valence-corrected chi connectivity index (χ4v) is 6.19. The van der Waals surface area contributed by atoms with Gasteiger partial charge in [-0.05, 0) is 49.0 Å². The van der Waals surface area contributed by atoms with Gasteiger partial charge in [-0.25, -0.2) is 0 Å². The number of carbonyl (C=O) groups is 3. The molecule has 4 aliphatic carbocycles. The number of hydrogen-bond donors (Lipinski definition) is 1. The lowest BCUT2D eigenvalue weighted by molar-refractivity contribution is -0.150. The Bertz CT molecular complexity index is 648. The van der Waals surface area contributed by atoms with Crippen molar-refractivity contribution in [2.45, 2.75) is 58.5 Å². The van der Waals surface area contributed by atoms with Crippen molar-refractivity contribution in [3.05, 3.63) is 11.6 Å². The van der Waals surface area contributed by atoms with Crippen molar-refractivity contribution in [1.29, 1.82) is 0 Å². The van der Waals surface area contributed by atoms with E-state index < -0.39 is 11.5 Å². The van der Waals surface area contributed by atoms with Gasteiger partial charge in [0.15, 0.2) is 11.6 Å². The minimum absolute atomic E-state index is 0.0909. The molecule has 0 aromatic carbocycles. The van der Waals surface area contributed by atoms with Gasteiger partial charge in [-0.3, -0.25) is 14.4 Å². The van der Waals surface area contributed by atoms with Gasteiger partial charge in [0.05, 0.1) is 0 Å². The van der Waals surface area contributed by atoms with E-state index in [-0.39, 0.29) is 46.9 Å². The van der Waals surface area contributed by atoms with Crippen LogP contribution in [0.25, 0.3) is 0 Å². The highest BCUT2D eigenvalue weighted by Crippen LogP contribution is 2.63. The molecule has 0 aromatic heterocycles. The summed E-state index contributed by atoms with van der Waals surface area (Å²) < 4.78 is 0. The maximum atomic E-state index is 13.0. The molecule has 0 unspecified atom stereocenters. The van der Waals surface area contributed by atoms with Gasteiger partial charge in [0.2, 0.25) is 0 Å². The number of allylic oxidation sites excluding steroid dienone is 1. The van der Waals surface area contributed by atoms with E-state index >= 15 is 0 Å². The summed E-state index contributed by atoms with van der Waals surface area (Å²) in [6, 6.07) is 0. The lowest BCUT2D eigenvalue weighted by Gasteiger charge is -2.55. The third kappa shape index (κ3) is 1.84. The average Bonchev–Trinajstić information content (AvgIpc) is 2.71. The fourth-order valence-electron chi connectivity index (χ4n) is 6.19.